The van der Waals surface area contributed by atoms with E-state index in [1.165, 1.54) is 0 Å². The molecule has 4 heteroatoms. The van der Waals surface area contributed by atoms with Gasteiger partial charge in [0.2, 0.25) is 0 Å². The average Bonchev–Trinajstić information content (AvgIpc) is 2.01. The Balaban J connectivity index is 4.68. The van der Waals surface area contributed by atoms with Crippen molar-refractivity contribution in [3.05, 3.63) is 12.2 Å². The van der Waals surface area contributed by atoms with Crippen LogP contribution in [-0.4, -0.2) is 21.5 Å². The quantitative estimate of drug-likeness (QED) is 0.360. The second-order valence-electron chi connectivity index (χ2n) is 4.00. The first-order valence-electron chi connectivity index (χ1n) is 4.40. The maximum absolute atomic E-state index is 11.8. The Kier molecular flexibility index (Phi) is 4.98. The largest absolute Gasteiger partial charge is 0.298 e. The molecule has 2 unspecified atom stereocenters. The Bertz CT molecular complexity index is 230. The fourth-order valence-electron chi connectivity index (χ4n) is 1.29. The van der Waals surface area contributed by atoms with Crippen LogP contribution in [0.5, 0.6) is 0 Å². The zero-order valence-electron chi connectivity index (χ0n) is 9.00. The maximum atomic E-state index is 11.8. The predicted molar refractivity (Wildman–Crippen MR) is 59.5 cm³/mol. The van der Waals surface area contributed by atoms with Gasteiger partial charge in [-0.05, 0) is 26.3 Å². The summed E-state index contributed by atoms with van der Waals surface area (Å²) in [5.74, 6) is -0.452. The molecule has 0 spiro atoms. The van der Waals surface area contributed by atoms with Crippen LogP contribution < -0.4 is 0 Å². The number of halogens is 1. The van der Waals surface area contributed by atoms with Crippen molar-refractivity contribution in [3.63, 3.8) is 0 Å². The van der Waals surface area contributed by atoms with E-state index in [9.17, 15) is 4.79 Å². The molecule has 0 heterocycles. The van der Waals surface area contributed by atoms with Crippen molar-refractivity contribution in [1.29, 1.82) is 0 Å². The molecule has 0 aromatic carbocycles. The van der Waals surface area contributed by atoms with Gasteiger partial charge in [-0.15, -0.1) is 0 Å². The van der Waals surface area contributed by atoms with E-state index in [1.54, 1.807) is 27.7 Å². The highest BCUT2D eigenvalue weighted by Crippen LogP contribution is 2.26. The highest BCUT2D eigenvalue weighted by Gasteiger charge is 2.34. The lowest BCUT2D eigenvalue weighted by Crippen LogP contribution is -2.37. The van der Waals surface area contributed by atoms with Crippen molar-refractivity contribution in [2.45, 2.75) is 38.1 Å². The molecule has 0 amide bonds. The summed E-state index contributed by atoms with van der Waals surface area (Å²) in [7, 11) is 0. The Morgan fingerprint density at radius 2 is 2.00 bits per heavy atom. The van der Waals surface area contributed by atoms with Gasteiger partial charge in [0.05, 0.1) is 4.32 Å². The van der Waals surface area contributed by atoms with Gasteiger partial charge in [0.25, 0.3) is 0 Å². The van der Waals surface area contributed by atoms with Crippen LogP contribution in [0.4, 0.5) is 0 Å². The fourth-order valence-corrected chi connectivity index (χ4v) is 1.65. The smallest absolute Gasteiger partial charge is 0.154 e. The van der Waals surface area contributed by atoms with Crippen LogP contribution in [0.3, 0.4) is 0 Å². The van der Waals surface area contributed by atoms with Gasteiger partial charge < -0.3 is 0 Å². The summed E-state index contributed by atoms with van der Waals surface area (Å²) >= 11 is 3.27. The molecule has 0 saturated carbocycles. The van der Waals surface area contributed by atoms with Crippen molar-refractivity contribution in [2.75, 3.05) is 0 Å². The molecule has 2 atom stereocenters. The lowest BCUT2D eigenvalue weighted by Gasteiger charge is -2.25. The standard InChI is InChI=1S/C10H17BrO3/c1-6(2)8(14-13)7(3)9(12)10(4,5)11/h7-8,13H,1H2,2-5H3. The van der Waals surface area contributed by atoms with Gasteiger partial charge in [-0.25, -0.2) is 4.89 Å². The second-order valence-corrected chi connectivity index (χ2v) is 5.98. The highest BCUT2D eigenvalue weighted by molar-refractivity contribution is 9.10. The van der Waals surface area contributed by atoms with E-state index >= 15 is 0 Å². The monoisotopic (exact) mass is 264 g/mol. The van der Waals surface area contributed by atoms with Crippen molar-refractivity contribution < 1.29 is 14.9 Å². The van der Waals surface area contributed by atoms with E-state index in [4.69, 9.17) is 5.26 Å². The number of carbonyl (C=O) groups is 1. The van der Waals surface area contributed by atoms with Crippen LogP contribution in [0, 0.1) is 5.92 Å². The first-order valence-corrected chi connectivity index (χ1v) is 5.20. The molecule has 0 bridgehead atoms. The minimum atomic E-state index is -0.640. The van der Waals surface area contributed by atoms with Crippen LogP contribution >= 0.6 is 15.9 Å². The Hall–Kier alpha value is -0.190. The molecular weight excluding hydrogens is 248 g/mol. The number of alkyl halides is 1. The molecular formula is C10H17BrO3. The normalized spacial score (nSPS) is 16.1. The predicted octanol–water partition coefficient (Wildman–Crippen LogP) is 2.80. The van der Waals surface area contributed by atoms with Crippen LogP contribution in [-0.2, 0) is 9.68 Å². The van der Waals surface area contributed by atoms with Gasteiger partial charge in [-0.1, -0.05) is 29.4 Å². The molecule has 3 nitrogen and oxygen atoms in total. The lowest BCUT2D eigenvalue weighted by atomic mass is 9.89. The molecule has 0 radical (unpaired) electrons. The topological polar surface area (TPSA) is 46.5 Å². The van der Waals surface area contributed by atoms with E-state index < -0.39 is 16.3 Å². The van der Waals surface area contributed by atoms with Crippen molar-refractivity contribution in [2.24, 2.45) is 5.92 Å². The molecule has 0 fully saturated rings. The minimum absolute atomic E-state index is 0.0282. The van der Waals surface area contributed by atoms with E-state index in [0.29, 0.717) is 5.57 Å². The Morgan fingerprint density at radius 3 is 2.21 bits per heavy atom. The van der Waals surface area contributed by atoms with Crippen LogP contribution in [0.25, 0.3) is 0 Å². The molecule has 14 heavy (non-hydrogen) atoms. The number of carbonyl (C=O) groups excluding carboxylic acids is 1. The first kappa shape index (κ1) is 13.8. The molecule has 0 aromatic heterocycles. The van der Waals surface area contributed by atoms with Gasteiger partial charge in [0.1, 0.15) is 6.10 Å². The molecule has 82 valence electrons. The van der Waals surface area contributed by atoms with Crippen molar-refractivity contribution >= 4 is 21.7 Å². The summed E-state index contributed by atoms with van der Waals surface area (Å²) in [6.45, 7) is 10.6. The van der Waals surface area contributed by atoms with Gasteiger partial charge in [-0.2, -0.15) is 0 Å². The van der Waals surface area contributed by atoms with E-state index in [0.717, 1.165) is 0 Å². The van der Waals surface area contributed by atoms with Gasteiger partial charge in [0.15, 0.2) is 5.78 Å². The van der Waals surface area contributed by atoms with Gasteiger partial charge in [-0.3, -0.25) is 10.1 Å². The molecule has 0 aliphatic rings. The SMILES string of the molecule is C=C(C)C(OO)C(C)C(=O)C(C)(C)Br. The minimum Gasteiger partial charge on any atom is -0.298 e. The third-order valence-electron chi connectivity index (χ3n) is 2.05. The molecule has 0 saturated heterocycles. The molecule has 0 aliphatic heterocycles. The molecule has 0 aliphatic carbocycles. The van der Waals surface area contributed by atoms with E-state index in [-0.39, 0.29) is 5.78 Å². The summed E-state index contributed by atoms with van der Waals surface area (Å²) in [5, 5.41) is 8.65. The summed E-state index contributed by atoms with van der Waals surface area (Å²) in [6.07, 6.45) is -0.640. The Labute approximate surface area is 93.2 Å². The van der Waals surface area contributed by atoms with Crippen LogP contribution in [0.2, 0.25) is 0 Å². The number of rotatable bonds is 5. The summed E-state index contributed by atoms with van der Waals surface area (Å²) in [6, 6.07) is 0. The second kappa shape index (κ2) is 5.05. The lowest BCUT2D eigenvalue weighted by molar-refractivity contribution is -0.276. The van der Waals surface area contributed by atoms with Gasteiger partial charge in [0, 0.05) is 5.92 Å². The zero-order valence-corrected chi connectivity index (χ0v) is 10.6. The zero-order chi connectivity index (χ0) is 11.5. The molecule has 1 N–H and O–H groups in total. The summed E-state index contributed by atoms with van der Waals surface area (Å²) in [5.41, 5.74) is 0.630. The number of ketones is 1. The van der Waals surface area contributed by atoms with Gasteiger partial charge >= 0.3 is 0 Å². The third-order valence-corrected chi connectivity index (χ3v) is 2.44. The molecule has 0 aromatic rings. The van der Waals surface area contributed by atoms with E-state index in [1.807, 2.05) is 0 Å². The third kappa shape index (κ3) is 3.52. The van der Waals surface area contributed by atoms with E-state index in [2.05, 4.69) is 27.4 Å². The fraction of sp³-hybridized carbons (Fsp3) is 0.700. The summed E-state index contributed by atoms with van der Waals surface area (Å²) in [4.78, 5) is 16.0. The average molecular weight is 265 g/mol. The summed E-state index contributed by atoms with van der Waals surface area (Å²) < 4.78 is -0.612. The number of Topliss-reactive ketones (excluding diaryl/α,β-unsaturated/α-hetero) is 1. The number of hydrogen-bond donors (Lipinski definition) is 1. The first-order chi connectivity index (χ1) is 6.21. The maximum Gasteiger partial charge on any atom is 0.154 e. The Morgan fingerprint density at radius 1 is 1.57 bits per heavy atom. The highest BCUT2D eigenvalue weighted by atomic mass is 79.9. The molecule has 0 rings (SSSR count). The van der Waals surface area contributed by atoms with Crippen LogP contribution in [0.1, 0.15) is 27.7 Å². The number of hydrogen-bond acceptors (Lipinski definition) is 3. The van der Waals surface area contributed by atoms with Crippen molar-refractivity contribution in [3.8, 4) is 0 Å². The van der Waals surface area contributed by atoms with Crippen LogP contribution in [0.15, 0.2) is 12.2 Å². The van der Waals surface area contributed by atoms with Crippen molar-refractivity contribution in [1.82, 2.24) is 0 Å².